The van der Waals surface area contributed by atoms with Crippen LogP contribution in [0.25, 0.3) is 11.3 Å². The highest BCUT2D eigenvalue weighted by molar-refractivity contribution is 5.59. The van der Waals surface area contributed by atoms with Gasteiger partial charge in [0, 0.05) is 18.8 Å². The van der Waals surface area contributed by atoms with Crippen LogP contribution in [0.15, 0.2) is 30.5 Å². The van der Waals surface area contributed by atoms with Gasteiger partial charge in [0.1, 0.15) is 0 Å². The molecule has 0 atom stereocenters. The number of halogens is 2. The first-order valence-corrected chi connectivity index (χ1v) is 4.12. The fraction of sp³-hybridized carbons (Fsp3) is 0.100. The van der Waals surface area contributed by atoms with Crippen molar-refractivity contribution in [3.63, 3.8) is 0 Å². The maximum absolute atomic E-state index is 13.3. The molecule has 14 heavy (non-hydrogen) atoms. The van der Waals surface area contributed by atoms with Gasteiger partial charge in [-0.25, -0.2) is 8.78 Å². The van der Waals surface area contributed by atoms with Gasteiger partial charge in [-0.2, -0.15) is 5.10 Å². The van der Waals surface area contributed by atoms with Gasteiger partial charge in [-0.1, -0.05) is 6.07 Å². The van der Waals surface area contributed by atoms with Gasteiger partial charge in [0.15, 0.2) is 11.6 Å². The average molecular weight is 194 g/mol. The zero-order chi connectivity index (χ0) is 10.1. The Balaban J connectivity index is 2.63. The Morgan fingerprint density at radius 2 is 2.00 bits per heavy atom. The van der Waals surface area contributed by atoms with Crippen molar-refractivity contribution < 1.29 is 8.78 Å². The van der Waals surface area contributed by atoms with Crippen LogP contribution in [0, 0.1) is 11.6 Å². The van der Waals surface area contributed by atoms with E-state index in [9.17, 15) is 8.78 Å². The molecule has 0 radical (unpaired) electrons. The monoisotopic (exact) mass is 194 g/mol. The summed E-state index contributed by atoms with van der Waals surface area (Å²) in [6, 6.07) is 5.73. The van der Waals surface area contributed by atoms with Gasteiger partial charge in [0.2, 0.25) is 0 Å². The summed E-state index contributed by atoms with van der Waals surface area (Å²) in [7, 11) is 1.68. The molecule has 0 aliphatic carbocycles. The van der Waals surface area contributed by atoms with E-state index < -0.39 is 11.6 Å². The molecule has 2 aromatic rings. The minimum atomic E-state index is -0.844. The van der Waals surface area contributed by atoms with Crippen molar-refractivity contribution in [1.29, 1.82) is 0 Å². The minimum Gasteiger partial charge on any atom is -0.268 e. The molecular weight excluding hydrogens is 186 g/mol. The number of aromatic nitrogens is 2. The normalized spacial score (nSPS) is 10.5. The Labute approximate surface area is 79.8 Å². The molecule has 0 unspecified atom stereocenters. The maximum Gasteiger partial charge on any atom is 0.168 e. The third-order valence-electron chi connectivity index (χ3n) is 2.05. The van der Waals surface area contributed by atoms with Gasteiger partial charge in [-0.3, -0.25) is 4.68 Å². The summed E-state index contributed by atoms with van der Waals surface area (Å²) in [5, 5.41) is 3.89. The van der Waals surface area contributed by atoms with Gasteiger partial charge >= 0.3 is 0 Å². The zero-order valence-electron chi connectivity index (χ0n) is 7.54. The molecule has 1 aromatic heterocycles. The minimum absolute atomic E-state index is 0.227. The van der Waals surface area contributed by atoms with Crippen LogP contribution in [-0.2, 0) is 7.05 Å². The highest BCUT2D eigenvalue weighted by Gasteiger charge is 2.11. The summed E-state index contributed by atoms with van der Waals surface area (Å²) in [6.07, 6.45) is 1.54. The van der Waals surface area contributed by atoms with Crippen molar-refractivity contribution >= 4 is 0 Å². The predicted molar refractivity (Wildman–Crippen MR) is 48.6 cm³/mol. The highest BCUT2D eigenvalue weighted by atomic mass is 19.2. The molecule has 0 spiro atoms. The van der Waals surface area contributed by atoms with Crippen LogP contribution in [0.4, 0.5) is 8.78 Å². The quantitative estimate of drug-likeness (QED) is 0.681. The van der Waals surface area contributed by atoms with Crippen LogP contribution in [0.5, 0.6) is 0 Å². The Morgan fingerprint density at radius 3 is 2.64 bits per heavy atom. The molecule has 4 heteroatoms. The largest absolute Gasteiger partial charge is 0.268 e. The standard InChI is InChI=1S/C10H8F2N2/c1-14-9(5-6-13-14)7-3-2-4-8(11)10(7)12/h2-6H,1H3. The molecule has 0 amide bonds. The molecular formula is C10H8F2N2. The van der Waals surface area contributed by atoms with Crippen LogP contribution in [0.3, 0.4) is 0 Å². The number of nitrogens with zero attached hydrogens (tertiary/aromatic N) is 2. The van der Waals surface area contributed by atoms with Gasteiger partial charge < -0.3 is 0 Å². The van der Waals surface area contributed by atoms with Gasteiger partial charge in [0.05, 0.1) is 5.69 Å². The summed E-state index contributed by atoms with van der Waals surface area (Å²) < 4.78 is 27.7. The first-order chi connectivity index (χ1) is 6.70. The molecule has 0 aliphatic rings. The summed E-state index contributed by atoms with van der Waals surface area (Å²) in [5.41, 5.74) is 0.784. The van der Waals surface area contributed by atoms with E-state index in [0.29, 0.717) is 5.69 Å². The lowest BCUT2D eigenvalue weighted by Gasteiger charge is -2.03. The first-order valence-electron chi connectivity index (χ1n) is 4.12. The molecule has 0 N–H and O–H groups in total. The van der Waals surface area contributed by atoms with Crippen molar-refractivity contribution in [3.05, 3.63) is 42.1 Å². The van der Waals surface area contributed by atoms with E-state index in [0.717, 1.165) is 6.07 Å². The summed E-state index contributed by atoms with van der Waals surface area (Å²) in [4.78, 5) is 0. The molecule has 0 fully saturated rings. The number of rotatable bonds is 1. The third-order valence-corrected chi connectivity index (χ3v) is 2.05. The smallest absolute Gasteiger partial charge is 0.168 e. The molecule has 0 aliphatic heterocycles. The van der Waals surface area contributed by atoms with E-state index in [-0.39, 0.29) is 5.56 Å². The van der Waals surface area contributed by atoms with Gasteiger partial charge in [0.25, 0.3) is 0 Å². The van der Waals surface area contributed by atoms with E-state index in [1.807, 2.05) is 0 Å². The summed E-state index contributed by atoms with van der Waals surface area (Å²) in [6.45, 7) is 0. The second-order valence-corrected chi connectivity index (χ2v) is 2.94. The van der Waals surface area contributed by atoms with Crippen LogP contribution >= 0.6 is 0 Å². The number of aryl methyl sites for hydroxylation is 1. The SMILES string of the molecule is Cn1nccc1-c1cccc(F)c1F. The Bertz CT molecular complexity index is 463. The van der Waals surface area contributed by atoms with Crippen molar-refractivity contribution in [2.24, 2.45) is 7.05 Å². The molecule has 2 rings (SSSR count). The Morgan fingerprint density at radius 1 is 1.21 bits per heavy atom. The van der Waals surface area contributed by atoms with Crippen LogP contribution in [-0.4, -0.2) is 9.78 Å². The number of hydrogen-bond donors (Lipinski definition) is 0. The topological polar surface area (TPSA) is 17.8 Å². The lowest BCUT2D eigenvalue weighted by Crippen LogP contribution is -1.96. The van der Waals surface area contributed by atoms with Crippen molar-refractivity contribution in [3.8, 4) is 11.3 Å². The van der Waals surface area contributed by atoms with Gasteiger partial charge in [-0.05, 0) is 18.2 Å². The second-order valence-electron chi connectivity index (χ2n) is 2.94. The molecule has 2 nitrogen and oxygen atoms in total. The zero-order valence-corrected chi connectivity index (χ0v) is 7.54. The fourth-order valence-corrected chi connectivity index (χ4v) is 1.34. The Hall–Kier alpha value is -1.71. The van der Waals surface area contributed by atoms with Crippen molar-refractivity contribution in [1.82, 2.24) is 9.78 Å². The van der Waals surface area contributed by atoms with Crippen LogP contribution < -0.4 is 0 Å². The predicted octanol–water partition coefficient (Wildman–Crippen LogP) is 2.37. The molecule has 1 aromatic carbocycles. The van der Waals surface area contributed by atoms with Crippen molar-refractivity contribution in [2.75, 3.05) is 0 Å². The molecule has 72 valence electrons. The third kappa shape index (κ3) is 1.28. The average Bonchev–Trinajstić information content (AvgIpc) is 2.57. The van der Waals surface area contributed by atoms with Crippen LogP contribution in [0.1, 0.15) is 0 Å². The van der Waals surface area contributed by atoms with E-state index in [1.54, 1.807) is 19.3 Å². The maximum atomic E-state index is 13.3. The second kappa shape index (κ2) is 3.21. The van der Waals surface area contributed by atoms with E-state index in [2.05, 4.69) is 5.10 Å². The van der Waals surface area contributed by atoms with E-state index in [1.165, 1.54) is 16.8 Å². The molecule has 0 bridgehead atoms. The van der Waals surface area contributed by atoms with E-state index >= 15 is 0 Å². The fourth-order valence-electron chi connectivity index (χ4n) is 1.34. The lowest BCUT2D eigenvalue weighted by atomic mass is 10.1. The number of benzene rings is 1. The molecule has 0 saturated heterocycles. The first kappa shape index (κ1) is 8.87. The van der Waals surface area contributed by atoms with E-state index in [4.69, 9.17) is 0 Å². The molecule has 0 saturated carbocycles. The summed E-state index contributed by atoms with van der Waals surface area (Å²) >= 11 is 0. The lowest BCUT2D eigenvalue weighted by molar-refractivity contribution is 0.510. The highest BCUT2D eigenvalue weighted by Crippen LogP contribution is 2.23. The summed E-state index contributed by atoms with van der Waals surface area (Å²) in [5.74, 6) is -1.68. The van der Waals surface area contributed by atoms with Crippen molar-refractivity contribution in [2.45, 2.75) is 0 Å². The van der Waals surface area contributed by atoms with Crippen LogP contribution in [0.2, 0.25) is 0 Å². The number of hydrogen-bond acceptors (Lipinski definition) is 1. The Kier molecular flexibility index (Phi) is 2.04. The molecule has 1 heterocycles. The van der Waals surface area contributed by atoms with Gasteiger partial charge in [-0.15, -0.1) is 0 Å².